The van der Waals surface area contributed by atoms with Gasteiger partial charge in [-0.25, -0.2) is 19.7 Å². The van der Waals surface area contributed by atoms with Crippen LogP contribution in [-0.2, 0) is 0 Å². The maximum atomic E-state index is 12.9. The van der Waals surface area contributed by atoms with Gasteiger partial charge >= 0.3 is 5.76 Å². The van der Waals surface area contributed by atoms with Gasteiger partial charge in [-0.1, -0.05) is 25.4 Å². The zero-order chi connectivity index (χ0) is 20.5. The van der Waals surface area contributed by atoms with Crippen LogP contribution in [0.1, 0.15) is 63.6 Å². The smallest absolute Gasteiger partial charge is 0.365 e. The summed E-state index contributed by atoms with van der Waals surface area (Å²) in [6.45, 7) is 8.01. The fourth-order valence-electron chi connectivity index (χ4n) is 4.15. The quantitative estimate of drug-likeness (QED) is 0.686. The Balaban J connectivity index is 1.71. The van der Waals surface area contributed by atoms with E-state index in [0.717, 1.165) is 0 Å². The first-order valence-corrected chi connectivity index (χ1v) is 9.95. The van der Waals surface area contributed by atoms with Gasteiger partial charge in [-0.05, 0) is 32.6 Å². The number of imidazole rings is 1. The van der Waals surface area contributed by atoms with E-state index >= 15 is 0 Å². The maximum Gasteiger partial charge on any atom is 0.439 e. The van der Waals surface area contributed by atoms with Crippen molar-refractivity contribution in [1.29, 1.82) is 0 Å². The molecular formula is C19H23N7O3. The molecule has 1 aliphatic carbocycles. The van der Waals surface area contributed by atoms with Gasteiger partial charge in [-0.2, -0.15) is 0 Å². The molecule has 10 heteroatoms. The highest BCUT2D eigenvalue weighted by atomic mass is 16.5. The van der Waals surface area contributed by atoms with Crippen LogP contribution in [0, 0.1) is 11.3 Å². The molecule has 0 aromatic carbocycles. The highest BCUT2D eigenvalue weighted by molar-refractivity contribution is 6.04. The molecule has 0 radical (unpaired) electrons. The lowest BCUT2D eigenvalue weighted by Crippen LogP contribution is -2.31. The number of nitrogens with one attached hydrogen (secondary N) is 2. The summed E-state index contributed by atoms with van der Waals surface area (Å²) in [6.07, 6.45) is 3.60. The van der Waals surface area contributed by atoms with Gasteiger partial charge in [0, 0.05) is 12.1 Å². The van der Waals surface area contributed by atoms with Crippen LogP contribution >= 0.6 is 0 Å². The Morgan fingerprint density at radius 2 is 2.00 bits per heavy atom. The van der Waals surface area contributed by atoms with Gasteiger partial charge in [0.05, 0.1) is 5.41 Å². The average Bonchev–Trinajstić information content (AvgIpc) is 3.25. The van der Waals surface area contributed by atoms with Crippen molar-refractivity contribution in [2.75, 3.05) is 5.32 Å². The molecule has 10 nitrogen and oxygen atoms in total. The summed E-state index contributed by atoms with van der Waals surface area (Å²) in [4.78, 5) is 40.4. The van der Waals surface area contributed by atoms with E-state index in [0.29, 0.717) is 28.7 Å². The third-order valence-corrected chi connectivity index (χ3v) is 6.64. The van der Waals surface area contributed by atoms with Crippen LogP contribution in [0.15, 0.2) is 9.32 Å². The Bertz CT molecular complexity index is 1180. The Morgan fingerprint density at radius 3 is 2.62 bits per heavy atom. The molecule has 1 aliphatic heterocycles. The Morgan fingerprint density at radius 1 is 1.24 bits per heavy atom. The molecule has 2 unspecified atom stereocenters. The molecule has 5 rings (SSSR count). The minimum atomic E-state index is -0.682. The second-order valence-electron chi connectivity index (χ2n) is 8.67. The van der Waals surface area contributed by atoms with Crippen LogP contribution < -0.4 is 11.1 Å². The van der Waals surface area contributed by atoms with E-state index in [1.54, 1.807) is 0 Å². The van der Waals surface area contributed by atoms with Gasteiger partial charge in [0.2, 0.25) is 17.4 Å². The van der Waals surface area contributed by atoms with E-state index in [9.17, 15) is 9.59 Å². The van der Waals surface area contributed by atoms with Crippen LogP contribution in [0.5, 0.6) is 0 Å². The fraction of sp³-hybridized carbons (Fsp3) is 0.579. The summed E-state index contributed by atoms with van der Waals surface area (Å²) in [7, 11) is 0. The molecule has 2 aliphatic rings. The number of rotatable bonds is 4. The van der Waals surface area contributed by atoms with Gasteiger partial charge in [0.25, 0.3) is 0 Å². The van der Waals surface area contributed by atoms with Crippen LogP contribution in [0.25, 0.3) is 22.8 Å². The topological polar surface area (TPSA) is 132 Å². The molecule has 0 saturated heterocycles. The number of nitrogens with zero attached hydrogens (tertiary/aromatic N) is 5. The van der Waals surface area contributed by atoms with Gasteiger partial charge in [0.1, 0.15) is 5.52 Å². The Kier molecular flexibility index (Phi) is 3.71. The number of carbonyl (C=O) groups is 1. The minimum Gasteiger partial charge on any atom is -0.365 e. The van der Waals surface area contributed by atoms with Gasteiger partial charge in [-0.15, -0.1) is 0 Å². The highest BCUT2D eigenvalue weighted by Gasteiger charge is 2.47. The monoisotopic (exact) mass is 397 g/mol. The van der Waals surface area contributed by atoms with Gasteiger partial charge < -0.3 is 9.88 Å². The molecular weight excluding hydrogens is 374 g/mol. The van der Waals surface area contributed by atoms with Gasteiger partial charge in [0.15, 0.2) is 17.3 Å². The summed E-state index contributed by atoms with van der Waals surface area (Å²) in [5.74, 6) is 1.18. The molecule has 0 bridgehead atoms. The molecule has 4 heterocycles. The normalized spacial score (nSPS) is 21.9. The average molecular weight is 397 g/mol. The summed E-state index contributed by atoms with van der Waals surface area (Å²) in [5, 5.41) is 7.20. The predicted molar refractivity (Wildman–Crippen MR) is 105 cm³/mol. The molecule has 152 valence electrons. The SMILES string of the molecule is CC(Nc1nc(-c2noc(=O)[nH]2)nc2nc3n(c12)C(C)C(C)(C)C3=O)C1CCC1. The van der Waals surface area contributed by atoms with E-state index in [2.05, 4.69) is 41.9 Å². The second-order valence-corrected chi connectivity index (χ2v) is 8.67. The third kappa shape index (κ3) is 2.54. The predicted octanol–water partition coefficient (Wildman–Crippen LogP) is 2.55. The first-order chi connectivity index (χ1) is 13.8. The van der Waals surface area contributed by atoms with Crippen molar-refractivity contribution in [3.63, 3.8) is 0 Å². The van der Waals surface area contributed by atoms with Gasteiger partial charge in [-0.3, -0.25) is 14.3 Å². The molecule has 2 atom stereocenters. The molecule has 1 fully saturated rings. The van der Waals surface area contributed by atoms with E-state index in [4.69, 9.17) is 0 Å². The van der Waals surface area contributed by atoms with E-state index in [1.807, 2.05) is 25.3 Å². The number of aromatic nitrogens is 6. The summed E-state index contributed by atoms with van der Waals surface area (Å²) < 4.78 is 6.53. The first kappa shape index (κ1) is 18.0. The van der Waals surface area contributed by atoms with Crippen LogP contribution in [-0.4, -0.2) is 41.5 Å². The van der Waals surface area contributed by atoms with Crippen LogP contribution in [0.4, 0.5) is 5.82 Å². The number of hydrogen-bond donors (Lipinski definition) is 2. The summed E-state index contributed by atoms with van der Waals surface area (Å²) in [6, 6.07) is 0.119. The summed E-state index contributed by atoms with van der Waals surface area (Å²) >= 11 is 0. The zero-order valence-corrected chi connectivity index (χ0v) is 16.8. The molecule has 3 aromatic rings. The van der Waals surface area contributed by atoms with Crippen molar-refractivity contribution in [2.45, 2.75) is 59.0 Å². The van der Waals surface area contributed by atoms with E-state index < -0.39 is 11.2 Å². The molecule has 1 saturated carbocycles. The number of carbonyl (C=O) groups excluding carboxylic acids is 1. The number of fused-ring (bicyclic) bond motifs is 3. The standard InChI is InChI=1S/C19H23N7O3/c1-8(10-6-5-7-10)20-13-11-14(22-15(21-13)16-24-18(28)29-25-16)23-17-12(27)19(3,4)9(2)26(11)17/h8-10H,5-7H2,1-4H3,(H,20,21,22)(H,24,25,28). The summed E-state index contributed by atoms with van der Waals surface area (Å²) in [5.41, 5.74) is 0.545. The van der Waals surface area contributed by atoms with Crippen LogP contribution in [0.2, 0.25) is 0 Å². The largest absolute Gasteiger partial charge is 0.439 e. The van der Waals surface area contributed by atoms with Crippen molar-refractivity contribution in [3.05, 3.63) is 16.4 Å². The zero-order valence-electron chi connectivity index (χ0n) is 16.8. The molecule has 29 heavy (non-hydrogen) atoms. The number of Topliss-reactive ketones (excluding diaryl/α,β-unsaturated/α-hetero) is 1. The second kappa shape index (κ2) is 5.98. The van der Waals surface area contributed by atoms with Crippen molar-refractivity contribution < 1.29 is 9.32 Å². The Hall–Kier alpha value is -3.04. The maximum absolute atomic E-state index is 12.9. The number of ketones is 1. The number of H-pyrrole nitrogens is 1. The lowest BCUT2D eigenvalue weighted by Gasteiger charge is -2.32. The Labute approximate surface area is 166 Å². The fourth-order valence-corrected chi connectivity index (χ4v) is 4.15. The van der Waals surface area contributed by atoms with E-state index in [1.165, 1.54) is 19.3 Å². The van der Waals surface area contributed by atoms with Crippen molar-refractivity contribution in [2.24, 2.45) is 11.3 Å². The molecule has 2 N–H and O–H groups in total. The van der Waals surface area contributed by atoms with E-state index in [-0.39, 0.29) is 29.5 Å². The van der Waals surface area contributed by atoms with Crippen molar-refractivity contribution in [1.82, 2.24) is 29.7 Å². The van der Waals surface area contributed by atoms with Crippen molar-refractivity contribution >= 4 is 22.8 Å². The molecule has 0 spiro atoms. The first-order valence-electron chi connectivity index (χ1n) is 9.95. The minimum absolute atomic E-state index is 0.0163. The van der Waals surface area contributed by atoms with Crippen LogP contribution in [0.3, 0.4) is 0 Å². The highest BCUT2D eigenvalue weighted by Crippen LogP contribution is 2.44. The molecule has 3 aromatic heterocycles. The number of hydrogen-bond acceptors (Lipinski definition) is 8. The van der Waals surface area contributed by atoms with Crippen molar-refractivity contribution in [3.8, 4) is 11.6 Å². The number of anilines is 1. The third-order valence-electron chi connectivity index (χ3n) is 6.64. The molecule has 0 amide bonds. The lowest BCUT2D eigenvalue weighted by molar-refractivity contribution is 0.0830. The number of aromatic amines is 1. The lowest BCUT2D eigenvalue weighted by atomic mass is 9.80.